The van der Waals surface area contributed by atoms with E-state index >= 15 is 0 Å². The van der Waals surface area contributed by atoms with Crippen LogP contribution in [0.5, 0.6) is 0 Å². The summed E-state index contributed by atoms with van der Waals surface area (Å²) >= 11 is 0. The fraction of sp³-hybridized carbons (Fsp3) is 0.385. The van der Waals surface area contributed by atoms with Crippen molar-refractivity contribution in [3.63, 3.8) is 0 Å². The Balaban J connectivity index is 1.78. The molecule has 4 rings (SSSR count). The Kier molecular flexibility index (Phi) is 4.53. The smallest absolute Gasteiger partial charge is 0.331 e. The van der Waals surface area contributed by atoms with Gasteiger partial charge in [-0.25, -0.2) is 4.79 Å². The highest BCUT2D eigenvalue weighted by atomic mass is 16.4. The van der Waals surface area contributed by atoms with E-state index in [1.165, 1.54) is 11.1 Å². The van der Waals surface area contributed by atoms with Gasteiger partial charge in [0.1, 0.15) is 0 Å². The van der Waals surface area contributed by atoms with Gasteiger partial charge >= 0.3 is 5.97 Å². The first-order valence-corrected chi connectivity index (χ1v) is 10.4. The zero-order valence-electron chi connectivity index (χ0n) is 17.6. The minimum atomic E-state index is -0.882. The Morgan fingerprint density at radius 1 is 0.897 bits per heavy atom. The van der Waals surface area contributed by atoms with Crippen LogP contribution in [0.1, 0.15) is 85.1 Å². The van der Waals surface area contributed by atoms with Crippen molar-refractivity contribution in [3.8, 4) is 0 Å². The molecule has 150 valence electrons. The number of hydrogen-bond acceptors (Lipinski definition) is 2. The average molecular weight is 389 g/mol. The summed E-state index contributed by atoms with van der Waals surface area (Å²) in [7, 11) is 0. The lowest BCUT2D eigenvalue weighted by molar-refractivity contribution is -0.132. The number of ketones is 1. The number of benzene rings is 2. The van der Waals surface area contributed by atoms with Crippen molar-refractivity contribution >= 4 is 17.8 Å². The van der Waals surface area contributed by atoms with E-state index in [1.807, 2.05) is 24.3 Å². The molecule has 2 aliphatic rings. The van der Waals surface area contributed by atoms with Crippen LogP contribution < -0.4 is 0 Å². The third kappa shape index (κ3) is 3.33. The summed E-state index contributed by atoms with van der Waals surface area (Å²) in [5, 5.41) is 9.29. The van der Waals surface area contributed by atoms with Crippen LogP contribution in [0, 0.1) is 0 Å². The minimum absolute atomic E-state index is 0.0241. The van der Waals surface area contributed by atoms with Crippen LogP contribution in [-0.4, -0.2) is 16.9 Å². The maximum atomic E-state index is 13.5. The number of hydrogen-bond donors (Lipinski definition) is 1. The first kappa shape index (κ1) is 19.6. The van der Waals surface area contributed by atoms with Crippen molar-refractivity contribution in [3.05, 3.63) is 75.4 Å². The first-order chi connectivity index (χ1) is 13.6. The zero-order valence-corrected chi connectivity index (χ0v) is 17.6. The van der Waals surface area contributed by atoms with E-state index in [2.05, 4.69) is 39.8 Å². The summed E-state index contributed by atoms with van der Waals surface area (Å²) in [4.78, 5) is 24.8. The molecule has 0 aliphatic heterocycles. The molecule has 0 amide bonds. The van der Waals surface area contributed by atoms with Gasteiger partial charge in [0.25, 0.3) is 0 Å². The van der Waals surface area contributed by atoms with Crippen LogP contribution in [0.4, 0.5) is 0 Å². The molecule has 0 spiro atoms. The highest BCUT2D eigenvalue weighted by Gasteiger charge is 2.37. The molecule has 0 radical (unpaired) electrons. The second-order valence-corrected chi connectivity index (χ2v) is 9.71. The van der Waals surface area contributed by atoms with Gasteiger partial charge in [-0.1, -0.05) is 58.0 Å². The lowest BCUT2D eigenvalue weighted by atomic mass is 9.63. The molecule has 2 aliphatic carbocycles. The molecule has 0 fully saturated rings. The van der Waals surface area contributed by atoms with E-state index in [9.17, 15) is 14.7 Å². The standard InChI is InChI=1S/C26H28O3/c1-25(2)12-13-26(3,4)22-15-17(9-11-21(22)25)23(27)20-7-5-6-16-14-18(24(28)29)8-10-19(16)20/h5-7,9,11,14-15H,8,10,12-13H2,1-4H3,(H,28,29). The topological polar surface area (TPSA) is 54.4 Å². The number of aliphatic carboxylic acids is 1. The fourth-order valence-electron chi connectivity index (χ4n) is 4.81. The normalized spacial score (nSPS) is 19.0. The summed E-state index contributed by atoms with van der Waals surface area (Å²) < 4.78 is 0. The van der Waals surface area contributed by atoms with Gasteiger partial charge in [0.05, 0.1) is 0 Å². The Bertz CT molecular complexity index is 1050. The monoisotopic (exact) mass is 388 g/mol. The van der Waals surface area contributed by atoms with Crippen molar-refractivity contribution in [2.45, 2.75) is 64.2 Å². The van der Waals surface area contributed by atoms with Gasteiger partial charge < -0.3 is 5.11 Å². The summed E-state index contributed by atoms with van der Waals surface area (Å²) in [6.07, 6.45) is 4.99. The minimum Gasteiger partial charge on any atom is -0.478 e. The first-order valence-electron chi connectivity index (χ1n) is 10.4. The quantitative estimate of drug-likeness (QED) is 0.688. The van der Waals surface area contributed by atoms with Crippen molar-refractivity contribution < 1.29 is 14.7 Å². The van der Waals surface area contributed by atoms with E-state index < -0.39 is 5.97 Å². The van der Waals surface area contributed by atoms with E-state index in [-0.39, 0.29) is 16.6 Å². The molecule has 0 unspecified atom stereocenters. The summed E-state index contributed by atoms with van der Waals surface area (Å²) in [6.45, 7) is 9.08. The molecule has 1 N–H and O–H groups in total. The molecular weight excluding hydrogens is 360 g/mol. The molecule has 2 aromatic rings. The highest BCUT2D eigenvalue weighted by molar-refractivity contribution is 6.11. The predicted octanol–water partition coefficient (Wildman–Crippen LogP) is 5.68. The maximum absolute atomic E-state index is 13.5. The molecule has 0 saturated heterocycles. The van der Waals surface area contributed by atoms with Crippen LogP contribution in [0.2, 0.25) is 0 Å². The molecule has 3 heteroatoms. The van der Waals surface area contributed by atoms with Crippen LogP contribution in [0.15, 0.2) is 42.0 Å². The van der Waals surface area contributed by atoms with Crippen LogP contribution >= 0.6 is 0 Å². The largest absolute Gasteiger partial charge is 0.478 e. The summed E-state index contributed by atoms with van der Waals surface area (Å²) in [5.74, 6) is -0.858. The van der Waals surface area contributed by atoms with E-state index in [4.69, 9.17) is 0 Å². The van der Waals surface area contributed by atoms with Gasteiger partial charge in [-0.3, -0.25) is 4.79 Å². The number of carbonyl (C=O) groups excluding carboxylic acids is 1. The highest BCUT2D eigenvalue weighted by Crippen LogP contribution is 2.46. The van der Waals surface area contributed by atoms with Crippen molar-refractivity contribution in [1.82, 2.24) is 0 Å². The molecule has 0 heterocycles. The van der Waals surface area contributed by atoms with Crippen molar-refractivity contribution in [2.24, 2.45) is 0 Å². The SMILES string of the molecule is CC1(C)CCC(C)(C)c2cc(C(=O)c3cccc4c3CCC(C(=O)O)=C4)ccc21. The number of carbonyl (C=O) groups is 2. The molecule has 0 saturated carbocycles. The Morgan fingerprint density at radius 3 is 2.28 bits per heavy atom. The Hall–Kier alpha value is -2.68. The van der Waals surface area contributed by atoms with Crippen LogP contribution in [-0.2, 0) is 22.0 Å². The van der Waals surface area contributed by atoms with E-state index in [0.29, 0.717) is 24.0 Å². The fourth-order valence-corrected chi connectivity index (χ4v) is 4.81. The van der Waals surface area contributed by atoms with Crippen molar-refractivity contribution in [2.75, 3.05) is 0 Å². The van der Waals surface area contributed by atoms with E-state index in [0.717, 1.165) is 29.5 Å². The van der Waals surface area contributed by atoms with Gasteiger partial charge in [0.2, 0.25) is 0 Å². The van der Waals surface area contributed by atoms with Gasteiger partial charge in [-0.15, -0.1) is 0 Å². The zero-order chi connectivity index (χ0) is 21.0. The second-order valence-electron chi connectivity index (χ2n) is 9.71. The molecule has 3 nitrogen and oxygen atoms in total. The molecule has 29 heavy (non-hydrogen) atoms. The molecule has 0 aromatic heterocycles. The Morgan fingerprint density at radius 2 is 1.59 bits per heavy atom. The number of carboxylic acids is 1. The molecule has 0 bridgehead atoms. The Labute approximate surface area is 172 Å². The third-order valence-electron chi connectivity index (χ3n) is 6.82. The van der Waals surface area contributed by atoms with Gasteiger partial charge in [0.15, 0.2) is 5.78 Å². The molecule has 2 aromatic carbocycles. The van der Waals surface area contributed by atoms with Crippen LogP contribution in [0.3, 0.4) is 0 Å². The predicted molar refractivity (Wildman–Crippen MR) is 116 cm³/mol. The summed E-state index contributed by atoms with van der Waals surface area (Å²) in [6, 6.07) is 11.8. The van der Waals surface area contributed by atoms with Crippen LogP contribution in [0.25, 0.3) is 6.08 Å². The maximum Gasteiger partial charge on any atom is 0.331 e. The number of carboxylic acid groups (broad SMARTS) is 1. The molecule has 0 atom stereocenters. The van der Waals surface area contributed by atoms with Gasteiger partial charge in [-0.05, 0) is 70.9 Å². The van der Waals surface area contributed by atoms with Gasteiger partial charge in [-0.2, -0.15) is 0 Å². The number of rotatable bonds is 3. The lowest BCUT2D eigenvalue weighted by Gasteiger charge is -2.42. The second kappa shape index (κ2) is 6.69. The lowest BCUT2D eigenvalue weighted by Crippen LogP contribution is -2.34. The molecular formula is C26H28O3. The third-order valence-corrected chi connectivity index (χ3v) is 6.82. The van der Waals surface area contributed by atoms with Gasteiger partial charge in [0, 0.05) is 16.7 Å². The average Bonchev–Trinajstić information content (AvgIpc) is 2.69. The van der Waals surface area contributed by atoms with Crippen molar-refractivity contribution in [1.29, 1.82) is 0 Å². The summed E-state index contributed by atoms with van der Waals surface area (Å²) in [5.41, 5.74) is 6.41. The number of fused-ring (bicyclic) bond motifs is 2. The van der Waals surface area contributed by atoms with E-state index in [1.54, 1.807) is 6.08 Å².